The molecule has 0 amide bonds. The van der Waals surface area contributed by atoms with Crippen LogP contribution < -0.4 is 5.32 Å². The average molecular weight is 293 g/mol. The van der Waals surface area contributed by atoms with Gasteiger partial charge in [-0.3, -0.25) is 0 Å². The Balaban J connectivity index is 1.55. The predicted molar refractivity (Wildman–Crippen MR) is 85.0 cm³/mol. The maximum absolute atomic E-state index is 10.8. The van der Waals surface area contributed by atoms with Gasteiger partial charge in [0.05, 0.1) is 5.60 Å². The SMILES string of the molecule is CCC1CCC(O)(CNC(c2cccs2)C2CC2)CC1. The van der Waals surface area contributed by atoms with Gasteiger partial charge in [-0.15, -0.1) is 11.3 Å². The lowest BCUT2D eigenvalue weighted by atomic mass is 9.77. The van der Waals surface area contributed by atoms with E-state index in [1.54, 1.807) is 0 Å². The number of aliphatic hydroxyl groups is 1. The second kappa shape index (κ2) is 6.17. The highest BCUT2D eigenvalue weighted by Crippen LogP contribution is 2.43. The molecular formula is C17H27NOS. The summed E-state index contributed by atoms with van der Waals surface area (Å²) < 4.78 is 0. The van der Waals surface area contributed by atoms with Crippen LogP contribution in [0.2, 0.25) is 0 Å². The van der Waals surface area contributed by atoms with Crippen LogP contribution in [0.1, 0.15) is 62.8 Å². The molecule has 0 saturated heterocycles. The number of rotatable bonds is 6. The van der Waals surface area contributed by atoms with Crippen LogP contribution in [0.15, 0.2) is 17.5 Å². The molecule has 1 atom stereocenters. The summed E-state index contributed by atoms with van der Waals surface area (Å²) in [5.74, 6) is 1.64. The van der Waals surface area contributed by atoms with Gasteiger partial charge in [0.1, 0.15) is 0 Å². The van der Waals surface area contributed by atoms with E-state index in [-0.39, 0.29) is 0 Å². The van der Waals surface area contributed by atoms with Crippen molar-refractivity contribution < 1.29 is 5.11 Å². The fourth-order valence-electron chi connectivity index (χ4n) is 3.50. The molecule has 0 radical (unpaired) electrons. The zero-order chi connectivity index (χ0) is 14.0. The quantitative estimate of drug-likeness (QED) is 0.827. The third-order valence-corrected chi connectivity index (χ3v) is 6.16. The number of hydrogen-bond acceptors (Lipinski definition) is 3. The van der Waals surface area contributed by atoms with E-state index in [1.807, 2.05) is 11.3 Å². The van der Waals surface area contributed by atoms with Crippen LogP contribution in [0.4, 0.5) is 0 Å². The van der Waals surface area contributed by atoms with Gasteiger partial charge >= 0.3 is 0 Å². The zero-order valence-corrected chi connectivity index (χ0v) is 13.3. The molecule has 0 spiro atoms. The molecule has 3 rings (SSSR count). The Morgan fingerprint density at radius 2 is 2.10 bits per heavy atom. The Labute approximate surface area is 126 Å². The van der Waals surface area contributed by atoms with Crippen LogP contribution in [0.25, 0.3) is 0 Å². The monoisotopic (exact) mass is 293 g/mol. The van der Waals surface area contributed by atoms with E-state index in [4.69, 9.17) is 0 Å². The van der Waals surface area contributed by atoms with Crippen LogP contribution in [0, 0.1) is 11.8 Å². The molecule has 1 aromatic rings. The van der Waals surface area contributed by atoms with Crippen LogP contribution >= 0.6 is 11.3 Å². The molecule has 20 heavy (non-hydrogen) atoms. The highest BCUT2D eigenvalue weighted by Gasteiger charge is 2.37. The summed E-state index contributed by atoms with van der Waals surface area (Å²) in [6.07, 6.45) is 8.28. The molecular weight excluding hydrogens is 266 g/mol. The predicted octanol–water partition coefficient (Wildman–Crippen LogP) is 4.12. The van der Waals surface area contributed by atoms with Crippen molar-refractivity contribution in [1.29, 1.82) is 0 Å². The number of thiophene rings is 1. The topological polar surface area (TPSA) is 32.3 Å². The Morgan fingerprint density at radius 1 is 1.35 bits per heavy atom. The second-order valence-corrected chi connectivity index (χ2v) is 7.77. The molecule has 0 aromatic carbocycles. The first-order valence-electron chi connectivity index (χ1n) is 8.19. The molecule has 3 heteroatoms. The van der Waals surface area contributed by atoms with Crippen LogP contribution in [0.5, 0.6) is 0 Å². The minimum atomic E-state index is -0.462. The van der Waals surface area contributed by atoms with Gasteiger partial charge < -0.3 is 10.4 Å². The van der Waals surface area contributed by atoms with E-state index < -0.39 is 5.60 Å². The van der Waals surface area contributed by atoms with Crippen LogP contribution in [0.3, 0.4) is 0 Å². The van der Waals surface area contributed by atoms with E-state index >= 15 is 0 Å². The molecule has 2 aliphatic rings. The molecule has 2 saturated carbocycles. The van der Waals surface area contributed by atoms with Gasteiger partial charge in [-0.05, 0) is 61.8 Å². The van der Waals surface area contributed by atoms with Gasteiger partial charge in [-0.1, -0.05) is 19.4 Å². The maximum Gasteiger partial charge on any atom is 0.0772 e. The highest BCUT2D eigenvalue weighted by atomic mass is 32.1. The fourth-order valence-corrected chi connectivity index (χ4v) is 4.39. The maximum atomic E-state index is 10.8. The Kier molecular flexibility index (Phi) is 4.49. The second-order valence-electron chi connectivity index (χ2n) is 6.79. The van der Waals surface area contributed by atoms with E-state index in [0.717, 1.165) is 31.2 Å². The Bertz CT molecular complexity index is 405. The largest absolute Gasteiger partial charge is 0.389 e. The molecule has 2 aliphatic carbocycles. The summed E-state index contributed by atoms with van der Waals surface area (Å²) >= 11 is 1.84. The van der Waals surface area contributed by atoms with Crippen molar-refractivity contribution >= 4 is 11.3 Å². The fraction of sp³-hybridized carbons (Fsp3) is 0.765. The summed E-state index contributed by atoms with van der Waals surface area (Å²) in [5, 5.41) is 16.6. The first kappa shape index (κ1) is 14.6. The normalized spacial score (nSPS) is 32.2. The average Bonchev–Trinajstić information content (AvgIpc) is 3.15. The standard InChI is InChI=1S/C17H27NOS/c1-2-13-7-9-17(19,10-8-13)12-18-16(14-5-6-14)15-4-3-11-20-15/h3-4,11,13-14,16,18-19H,2,5-10,12H2,1H3. The van der Waals surface area contributed by atoms with Gasteiger partial charge in [0.25, 0.3) is 0 Å². The Morgan fingerprint density at radius 3 is 2.65 bits per heavy atom. The van der Waals surface area contributed by atoms with Crippen molar-refractivity contribution in [1.82, 2.24) is 5.32 Å². The van der Waals surface area contributed by atoms with Crippen molar-refractivity contribution in [2.75, 3.05) is 6.54 Å². The molecule has 0 bridgehead atoms. The van der Waals surface area contributed by atoms with Crippen molar-refractivity contribution in [2.24, 2.45) is 11.8 Å². The van der Waals surface area contributed by atoms with E-state index in [1.165, 1.54) is 37.0 Å². The molecule has 2 N–H and O–H groups in total. The number of hydrogen-bond donors (Lipinski definition) is 2. The van der Waals surface area contributed by atoms with Crippen molar-refractivity contribution in [3.8, 4) is 0 Å². The van der Waals surface area contributed by atoms with Gasteiger partial charge in [-0.2, -0.15) is 0 Å². The minimum Gasteiger partial charge on any atom is -0.389 e. The molecule has 2 nitrogen and oxygen atoms in total. The molecule has 0 aliphatic heterocycles. The van der Waals surface area contributed by atoms with Gasteiger partial charge in [-0.25, -0.2) is 0 Å². The lowest BCUT2D eigenvalue weighted by molar-refractivity contribution is -0.0111. The lowest BCUT2D eigenvalue weighted by Crippen LogP contribution is -2.44. The molecule has 2 fully saturated rings. The third kappa shape index (κ3) is 3.44. The molecule has 1 aromatic heterocycles. The summed E-state index contributed by atoms with van der Waals surface area (Å²) in [4.78, 5) is 1.44. The summed E-state index contributed by atoms with van der Waals surface area (Å²) in [7, 11) is 0. The van der Waals surface area contributed by atoms with Gasteiger partial charge in [0.2, 0.25) is 0 Å². The highest BCUT2D eigenvalue weighted by molar-refractivity contribution is 7.10. The summed E-state index contributed by atoms with van der Waals surface area (Å²) in [6, 6.07) is 4.85. The van der Waals surface area contributed by atoms with Gasteiger partial charge in [0, 0.05) is 17.5 Å². The van der Waals surface area contributed by atoms with Crippen molar-refractivity contribution in [3.63, 3.8) is 0 Å². The molecule has 1 heterocycles. The molecule has 1 unspecified atom stereocenters. The number of nitrogens with one attached hydrogen (secondary N) is 1. The Hall–Kier alpha value is -0.380. The smallest absolute Gasteiger partial charge is 0.0772 e. The van der Waals surface area contributed by atoms with E-state index in [9.17, 15) is 5.11 Å². The summed E-state index contributed by atoms with van der Waals surface area (Å²) in [6.45, 7) is 3.04. The van der Waals surface area contributed by atoms with E-state index in [0.29, 0.717) is 6.04 Å². The van der Waals surface area contributed by atoms with E-state index in [2.05, 4.69) is 29.8 Å². The minimum absolute atomic E-state index is 0.462. The van der Waals surface area contributed by atoms with Crippen molar-refractivity contribution in [2.45, 2.75) is 63.5 Å². The van der Waals surface area contributed by atoms with Gasteiger partial charge in [0.15, 0.2) is 0 Å². The van der Waals surface area contributed by atoms with Crippen LogP contribution in [-0.2, 0) is 0 Å². The zero-order valence-electron chi connectivity index (χ0n) is 12.5. The lowest BCUT2D eigenvalue weighted by Gasteiger charge is -2.37. The first-order chi connectivity index (χ1) is 9.70. The third-order valence-electron chi connectivity index (χ3n) is 5.21. The first-order valence-corrected chi connectivity index (χ1v) is 9.07. The van der Waals surface area contributed by atoms with Crippen molar-refractivity contribution in [3.05, 3.63) is 22.4 Å². The summed E-state index contributed by atoms with van der Waals surface area (Å²) in [5.41, 5.74) is -0.462. The molecule has 112 valence electrons. The van der Waals surface area contributed by atoms with Crippen LogP contribution in [-0.4, -0.2) is 17.3 Å².